The molecule has 4 amide bonds. The standard InChI is InChI=1S/C17H16N2O2.C4H9NO2.2C2H6/c20-16-11-12-18(13-14-7-3-1-4-8-14)17(21)19(16)15-9-5-2-6-10-15;1-3-7-4(6)5-2;2*1-2/h1-10H,11-13H2;3H2,1-2H3,(H,5,6);2*1-2H3. The fraction of sp³-hybridized carbons (Fsp3) is 0.400. The smallest absolute Gasteiger partial charge is 0.406 e. The molecule has 1 fully saturated rings. The molecule has 7 nitrogen and oxygen atoms in total. The maximum Gasteiger partial charge on any atom is 0.406 e. The molecular weight excluding hydrogens is 406 g/mol. The number of para-hydroxylation sites is 1. The van der Waals surface area contributed by atoms with Crippen LogP contribution in [0.5, 0.6) is 0 Å². The highest BCUT2D eigenvalue weighted by molar-refractivity contribution is 6.15. The molecule has 0 aromatic heterocycles. The van der Waals surface area contributed by atoms with E-state index >= 15 is 0 Å². The molecule has 1 N–H and O–H groups in total. The Morgan fingerprint density at radius 2 is 1.47 bits per heavy atom. The fourth-order valence-corrected chi connectivity index (χ4v) is 2.67. The van der Waals surface area contributed by atoms with Gasteiger partial charge in [0.05, 0.1) is 12.3 Å². The molecule has 2 aromatic carbocycles. The van der Waals surface area contributed by atoms with Crippen molar-refractivity contribution in [3.63, 3.8) is 0 Å². The number of benzene rings is 2. The van der Waals surface area contributed by atoms with E-state index in [1.807, 2.05) is 76.2 Å². The van der Waals surface area contributed by atoms with E-state index in [0.29, 0.717) is 31.8 Å². The van der Waals surface area contributed by atoms with E-state index in [0.717, 1.165) is 5.56 Å². The Kier molecular flexibility index (Phi) is 15.5. The summed E-state index contributed by atoms with van der Waals surface area (Å²) in [7, 11) is 1.53. The third-order valence-corrected chi connectivity index (χ3v) is 4.02. The number of amides is 4. The van der Waals surface area contributed by atoms with Crippen molar-refractivity contribution < 1.29 is 19.1 Å². The summed E-state index contributed by atoms with van der Waals surface area (Å²) in [6, 6.07) is 18.6. The predicted molar refractivity (Wildman–Crippen MR) is 130 cm³/mol. The quantitative estimate of drug-likeness (QED) is 0.680. The Morgan fingerprint density at radius 1 is 0.938 bits per heavy atom. The highest BCUT2D eigenvalue weighted by atomic mass is 16.5. The molecule has 176 valence electrons. The molecule has 1 saturated heterocycles. The maximum atomic E-state index is 12.6. The van der Waals surface area contributed by atoms with Crippen molar-refractivity contribution in [2.45, 2.75) is 47.6 Å². The van der Waals surface area contributed by atoms with Gasteiger partial charge in [-0.2, -0.15) is 0 Å². The molecule has 7 heteroatoms. The number of carbonyl (C=O) groups is 3. The number of ether oxygens (including phenoxy) is 1. The molecule has 2 aromatic rings. The number of imide groups is 1. The summed E-state index contributed by atoms with van der Waals surface area (Å²) in [5.74, 6) is -0.143. The third kappa shape index (κ3) is 9.64. The van der Waals surface area contributed by atoms with Crippen LogP contribution in [0.25, 0.3) is 0 Å². The first-order valence-electron chi connectivity index (χ1n) is 11.1. The largest absolute Gasteiger partial charge is 0.450 e. The summed E-state index contributed by atoms with van der Waals surface area (Å²) in [4.78, 5) is 37.7. The normalized spacial score (nSPS) is 12.2. The van der Waals surface area contributed by atoms with E-state index in [9.17, 15) is 14.4 Å². The van der Waals surface area contributed by atoms with Gasteiger partial charge in [-0.1, -0.05) is 76.2 Å². The van der Waals surface area contributed by atoms with Crippen LogP contribution in [0.1, 0.15) is 46.6 Å². The van der Waals surface area contributed by atoms with Crippen LogP contribution in [0.15, 0.2) is 60.7 Å². The van der Waals surface area contributed by atoms with Crippen molar-refractivity contribution in [3.8, 4) is 0 Å². The van der Waals surface area contributed by atoms with Crippen LogP contribution < -0.4 is 10.2 Å². The lowest BCUT2D eigenvalue weighted by Crippen LogP contribution is -2.52. The molecule has 0 bridgehead atoms. The van der Waals surface area contributed by atoms with Crippen LogP contribution >= 0.6 is 0 Å². The number of rotatable bonds is 4. The molecule has 0 aliphatic carbocycles. The molecular formula is C25H37N3O4. The molecule has 1 aliphatic heterocycles. The molecule has 0 unspecified atom stereocenters. The number of anilines is 1. The Balaban J connectivity index is 0.000000743. The lowest BCUT2D eigenvalue weighted by atomic mass is 10.1. The minimum Gasteiger partial charge on any atom is -0.450 e. The maximum absolute atomic E-state index is 12.6. The van der Waals surface area contributed by atoms with Gasteiger partial charge in [0.2, 0.25) is 5.91 Å². The van der Waals surface area contributed by atoms with Gasteiger partial charge in [0.15, 0.2) is 0 Å². The van der Waals surface area contributed by atoms with Gasteiger partial charge in [-0.3, -0.25) is 4.79 Å². The third-order valence-electron chi connectivity index (χ3n) is 4.02. The average Bonchev–Trinajstić information content (AvgIpc) is 2.85. The fourth-order valence-electron chi connectivity index (χ4n) is 2.67. The van der Waals surface area contributed by atoms with Gasteiger partial charge in [-0.15, -0.1) is 0 Å². The number of hydrogen-bond acceptors (Lipinski definition) is 4. The molecule has 0 spiro atoms. The van der Waals surface area contributed by atoms with Crippen molar-refractivity contribution in [1.29, 1.82) is 0 Å². The van der Waals surface area contributed by atoms with Gasteiger partial charge in [-0.25, -0.2) is 14.5 Å². The van der Waals surface area contributed by atoms with Crippen molar-refractivity contribution in [2.75, 3.05) is 25.1 Å². The number of urea groups is 1. The van der Waals surface area contributed by atoms with Gasteiger partial charge in [0, 0.05) is 26.6 Å². The second kappa shape index (κ2) is 17.3. The van der Waals surface area contributed by atoms with Crippen molar-refractivity contribution in [3.05, 3.63) is 66.2 Å². The van der Waals surface area contributed by atoms with Crippen molar-refractivity contribution in [2.24, 2.45) is 0 Å². The van der Waals surface area contributed by atoms with Crippen molar-refractivity contribution in [1.82, 2.24) is 10.2 Å². The Morgan fingerprint density at radius 3 is 1.94 bits per heavy atom. The predicted octanol–water partition coefficient (Wildman–Crippen LogP) is 5.46. The average molecular weight is 444 g/mol. The van der Waals surface area contributed by atoms with E-state index < -0.39 is 0 Å². The Bertz CT molecular complexity index is 782. The van der Waals surface area contributed by atoms with Crippen LogP contribution in [0.2, 0.25) is 0 Å². The van der Waals surface area contributed by atoms with E-state index in [2.05, 4.69) is 10.1 Å². The topological polar surface area (TPSA) is 79.0 Å². The van der Waals surface area contributed by atoms with Crippen LogP contribution in [-0.2, 0) is 16.1 Å². The first-order valence-corrected chi connectivity index (χ1v) is 11.1. The number of hydrogen-bond donors (Lipinski definition) is 1. The van der Waals surface area contributed by atoms with Crippen LogP contribution in [-0.4, -0.2) is 43.1 Å². The molecule has 1 heterocycles. The summed E-state index contributed by atoms with van der Waals surface area (Å²) in [6.45, 7) is 11.2. The second-order valence-corrected chi connectivity index (χ2v) is 5.97. The Labute approximate surface area is 192 Å². The molecule has 32 heavy (non-hydrogen) atoms. The summed E-state index contributed by atoms with van der Waals surface area (Å²) in [6.07, 6.45) is -0.0181. The molecule has 0 saturated carbocycles. The summed E-state index contributed by atoms with van der Waals surface area (Å²) in [5, 5.41) is 2.30. The molecule has 1 aliphatic rings. The number of nitrogens with one attached hydrogen (secondary N) is 1. The highest BCUT2D eigenvalue weighted by Crippen LogP contribution is 2.21. The number of nitrogens with zero attached hydrogens (tertiary/aromatic N) is 2. The van der Waals surface area contributed by atoms with Gasteiger partial charge < -0.3 is 15.0 Å². The molecule has 3 rings (SSSR count). The lowest BCUT2D eigenvalue weighted by Gasteiger charge is -2.34. The minimum absolute atomic E-state index is 0.143. The zero-order valence-corrected chi connectivity index (χ0v) is 20.1. The summed E-state index contributed by atoms with van der Waals surface area (Å²) >= 11 is 0. The van der Waals surface area contributed by atoms with Gasteiger partial charge in [0.1, 0.15) is 0 Å². The second-order valence-electron chi connectivity index (χ2n) is 5.97. The first-order chi connectivity index (χ1) is 15.6. The SMILES string of the molecule is CC.CC.CCOC(=O)NC.O=C1CCN(Cc2ccccc2)C(=O)N1c1ccccc1. The van der Waals surface area contributed by atoms with Gasteiger partial charge in [-0.05, 0) is 24.6 Å². The molecule has 0 atom stereocenters. The monoisotopic (exact) mass is 443 g/mol. The number of alkyl carbamates (subject to hydrolysis) is 1. The minimum atomic E-state index is -0.373. The van der Waals surface area contributed by atoms with Crippen molar-refractivity contribution >= 4 is 23.7 Å². The summed E-state index contributed by atoms with van der Waals surface area (Å²) in [5.41, 5.74) is 1.69. The first kappa shape index (κ1) is 28.6. The van der Waals surface area contributed by atoms with Crippen LogP contribution in [0.4, 0.5) is 15.3 Å². The summed E-state index contributed by atoms with van der Waals surface area (Å²) < 4.78 is 4.44. The van der Waals surface area contributed by atoms with Crippen LogP contribution in [0, 0.1) is 0 Å². The van der Waals surface area contributed by atoms with Gasteiger partial charge in [0.25, 0.3) is 0 Å². The van der Waals surface area contributed by atoms with E-state index in [1.54, 1.807) is 24.0 Å². The Hall–Kier alpha value is -3.35. The van der Waals surface area contributed by atoms with Crippen LogP contribution in [0.3, 0.4) is 0 Å². The zero-order chi connectivity index (χ0) is 24.4. The molecule has 0 radical (unpaired) electrons. The van der Waals surface area contributed by atoms with E-state index in [-0.39, 0.29) is 18.0 Å². The van der Waals surface area contributed by atoms with E-state index in [1.165, 1.54) is 11.9 Å². The van der Waals surface area contributed by atoms with Gasteiger partial charge >= 0.3 is 12.1 Å². The lowest BCUT2D eigenvalue weighted by molar-refractivity contribution is -0.119. The van der Waals surface area contributed by atoms with E-state index in [4.69, 9.17) is 0 Å². The zero-order valence-electron chi connectivity index (χ0n) is 20.1. The number of carbonyl (C=O) groups excluding carboxylic acids is 3. The highest BCUT2D eigenvalue weighted by Gasteiger charge is 2.32.